The predicted molar refractivity (Wildman–Crippen MR) is 71.3 cm³/mol. The lowest BCUT2D eigenvalue weighted by Crippen LogP contribution is -2.46. The molecule has 1 saturated heterocycles. The zero-order chi connectivity index (χ0) is 12.1. The Bertz CT molecular complexity index is 208. The minimum Gasteiger partial charge on any atom is -0.381 e. The number of nitrogens with one attached hydrogen (secondary N) is 1. The second-order valence-corrected chi connectivity index (χ2v) is 5.57. The molecule has 2 aliphatic rings. The minimum absolute atomic E-state index is 0.768. The standard InChI is InChI=1S/C14H28N2O/c1-3-15-12-4-6-13(7-5-12)16(2)14-8-10-17-11-9-14/h12-15H,3-11H2,1-2H3. The van der Waals surface area contributed by atoms with Gasteiger partial charge in [-0.1, -0.05) is 6.92 Å². The molecule has 1 heterocycles. The van der Waals surface area contributed by atoms with Crippen LogP contribution in [0, 0.1) is 0 Å². The van der Waals surface area contributed by atoms with E-state index in [1.54, 1.807) is 0 Å². The Morgan fingerprint density at radius 1 is 1.00 bits per heavy atom. The van der Waals surface area contributed by atoms with Gasteiger partial charge >= 0.3 is 0 Å². The highest BCUT2D eigenvalue weighted by Gasteiger charge is 2.28. The highest BCUT2D eigenvalue weighted by Crippen LogP contribution is 2.26. The Labute approximate surface area is 106 Å². The lowest BCUT2D eigenvalue weighted by atomic mass is 9.89. The van der Waals surface area contributed by atoms with Crippen molar-refractivity contribution in [1.29, 1.82) is 0 Å². The molecular weight excluding hydrogens is 212 g/mol. The highest BCUT2D eigenvalue weighted by atomic mass is 16.5. The maximum Gasteiger partial charge on any atom is 0.0480 e. The largest absolute Gasteiger partial charge is 0.381 e. The maximum absolute atomic E-state index is 5.45. The molecule has 0 aromatic carbocycles. The van der Waals surface area contributed by atoms with E-state index in [1.165, 1.54) is 38.5 Å². The van der Waals surface area contributed by atoms with Gasteiger partial charge in [0.25, 0.3) is 0 Å². The van der Waals surface area contributed by atoms with Gasteiger partial charge in [0, 0.05) is 31.3 Å². The molecule has 0 aromatic rings. The van der Waals surface area contributed by atoms with Crippen LogP contribution in [0.2, 0.25) is 0 Å². The summed E-state index contributed by atoms with van der Waals surface area (Å²) < 4.78 is 5.45. The van der Waals surface area contributed by atoms with Gasteiger partial charge in [-0.15, -0.1) is 0 Å². The third kappa shape index (κ3) is 3.67. The van der Waals surface area contributed by atoms with Crippen LogP contribution >= 0.6 is 0 Å². The van der Waals surface area contributed by atoms with Gasteiger partial charge in [0.2, 0.25) is 0 Å². The number of hydrogen-bond donors (Lipinski definition) is 1. The second-order valence-electron chi connectivity index (χ2n) is 5.57. The molecule has 0 atom stereocenters. The van der Waals surface area contributed by atoms with Crippen molar-refractivity contribution in [1.82, 2.24) is 10.2 Å². The van der Waals surface area contributed by atoms with Gasteiger partial charge in [-0.2, -0.15) is 0 Å². The molecule has 0 radical (unpaired) electrons. The van der Waals surface area contributed by atoms with E-state index in [1.807, 2.05) is 0 Å². The smallest absolute Gasteiger partial charge is 0.0480 e. The van der Waals surface area contributed by atoms with E-state index in [4.69, 9.17) is 4.74 Å². The van der Waals surface area contributed by atoms with Crippen LogP contribution in [-0.4, -0.2) is 49.8 Å². The third-order valence-electron chi connectivity index (χ3n) is 4.53. The Balaban J connectivity index is 1.75. The minimum atomic E-state index is 0.768. The summed E-state index contributed by atoms with van der Waals surface area (Å²) in [6.07, 6.45) is 7.89. The van der Waals surface area contributed by atoms with Crippen molar-refractivity contribution >= 4 is 0 Å². The summed E-state index contributed by atoms with van der Waals surface area (Å²) in [5.74, 6) is 0. The Hall–Kier alpha value is -0.120. The molecule has 0 unspecified atom stereocenters. The van der Waals surface area contributed by atoms with E-state index < -0.39 is 0 Å². The first-order valence-corrected chi connectivity index (χ1v) is 7.34. The van der Waals surface area contributed by atoms with E-state index in [2.05, 4.69) is 24.2 Å². The summed E-state index contributed by atoms with van der Waals surface area (Å²) in [7, 11) is 2.33. The first-order valence-electron chi connectivity index (χ1n) is 7.34. The van der Waals surface area contributed by atoms with E-state index in [9.17, 15) is 0 Å². The SMILES string of the molecule is CCNC1CCC(N(C)C2CCOCC2)CC1. The van der Waals surface area contributed by atoms with Crippen LogP contribution < -0.4 is 5.32 Å². The van der Waals surface area contributed by atoms with Crippen LogP contribution in [-0.2, 0) is 4.74 Å². The maximum atomic E-state index is 5.45. The van der Waals surface area contributed by atoms with Crippen LogP contribution in [0.4, 0.5) is 0 Å². The van der Waals surface area contributed by atoms with Crippen molar-refractivity contribution in [3.05, 3.63) is 0 Å². The summed E-state index contributed by atoms with van der Waals surface area (Å²) >= 11 is 0. The third-order valence-corrected chi connectivity index (χ3v) is 4.53. The Morgan fingerprint density at radius 2 is 1.59 bits per heavy atom. The van der Waals surface area contributed by atoms with Crippen molar-refractivity contribution < 1.29 is 4.74 Å². The molecule has 0 bridgehead atoms. The summed E-state index contributed by atoms with van der Waals surface area (Å²) in [5, 5.41) is 3.58. The van der Waals surface area contributed by atoms with Gasteiger partial charge in [0.15, 0.2) is 0 Å². The molecule has 0 spiro atoms. The molecule has 2 rings (SSSR count). The number of rotatable bonds is 4. The summed E-state index contributed by atoms with van der Waals surface area (Å²) in [4.78, 5) is 2.64. The van der Waals surface area contributed by atoms with E-state index in [-0.39, 0.29) is 0 Å². The normalized spacial score (nSPS) is 31.9. The van der Waals surface area contributed by atoms with Crippen LogP contribution in [0.15, 0.2) is 0 Å². The molecular formula is C14H28N2O. The average Bonchev–Trinajstić information content (AvgIpc) is 2.40. The quantitative estimate of drug-likeness (QED) is 0.813. The molecule has 1 saturated carbocycles. The lowest BCUT2D eigenvalue weighted by molar-refractivity contribution is 0.0203. The van der Waals surface area contributed by atoms with Gasteiger partial charge in [-0.3, -0.25) is 0 Å². The summed E-state index contributed by atoms with van der Waals surface area (Å²) in [6, 6.07) is 2.36. The van der Waals surface area contributed by atoms with Crippen LogP contribution in [0.25, 0.3) is 0 Å². The van der Waals surface area contributed by atoms with Gasteiger partial charge < -0.3 is 15.0 Å². The van der Waals surface area contributed by atoms with Crippen molar-refractivity contribution in [3.8, 4) is 0 Å². The topological polar surface area (TPSA) is 24.5 Å². The highest BCUT2D eigenvalue weighted by molar-refractivity contribution is 4.85. The van der Waals surface area contributed by atoms with Crippen molar-refractivity contribution in [2.75, 3.05) is 26.8 Å². The van der Waals surface area contributed by atoms with Crippen LogP contribution in [0.1, 0.15) is 45.4 Å². The first-order chi connectivity index (χ1) is 8.31. The van der Waals surface area contributed by atoms with Gasteiger partial charge in [-0.25, -0.2) is 0 Å². The molecule has 1 aliphatic heterocycles. The van der Waals surface area contributed by atoms with Crippen molar-refractivity contribution in [2.24, 2.45) is 0 Å². The summed E-state index contributed by atoms with van der Waals surface area (Å²) in [5.41, 5.74) is 0. The first kappa shape index (κ1) is 13.3. The molecule has 3 heteroatoms. The number of nitrogens with zero attached hydrogens (tertiary/aromatic N) is 1. The Morgan fingerprint density at radius 3 is 2.18 bits per heavy atom. The predicted octanol–water partition coefficient (Wildman–Crippen LogP) is 2.02. The van der Waals surface area contributed by atoms with Crippen LogP contribution in [0.5, 0.6) is 0 Å². The van der Waals surface area contributed by atoms with Crippen LogP contribution in [0.3, 0.4) is 0 Å². The van der Waals surface area contributed by atoms with Gasteiger partial charge in [0.1, 0.15) is 0 Å². The molecule has 0 aromatic heterocycles. The number of hydrogen-bond acceptors (Lipinski definition) is 3. The van der Waals surface area contributed by atoms with E-state index in [0.717, 1.165) is 37.9 Å². The fourth-order valence-corrected chi connectivity index (χ4v) is 3.37. The lowest BCUT2D eigenvalue weighted by Gasteiger charge is -2.40. The van der Waals surface area contributed by atoms with Gasteiger partial charge in [0.05, 0.1) is 0 Å². The fourth-order valence-electron chi connectivity index (χ4n) is 3.37. The molecule has 100 valence electrons. The van der Waals surface area contributed by atoms with Crippen molar-refractivity contribution in [2.45, 2.75) is 63.6 Å². The second kappa shape index (κ2) is 6.72. The average molecular weight is 240 g/mol. The van der Waals surface area contributed by atoms with Crippen molar-refractivity contribution in [3.63, 3.8) is 0 Å². The molecule has 1 N–H and O–H groups in total. The molecule has 3 nitrogen and oxygen atoms in total. The fraction of sp³-hybridized carbons (Fsp3) is 1.00. The van der Waals surface area contributed by atoms with E-state index >= 15 is 0 Å². The number of ether oxygens (including phenoxy) is 1. The zero-order valence-corrected chi connectivity index (χ0v) is 11.5. The molecule has 0 amide bonds. The zero-order valence-electron chi connectivity index (χ0n) is 11.5. The molecule has 2 fully saturated rings. The molecule has 17 heavy (non-hydrogen) atoms. The Kier molecular flexibility index (Phi) is 5.26. The monoisotopic (exact) mass is 240 g/mol. The summed E-state index contributed by atoms with van der Waals surface area (Å²) in [6.45, 7) is 5.24. The van der Waals surface area contributed by atoms with E-state index in [0.29, 0.717) is 0 Å². The van der Waals surface area contributed by atoms with Gasteiger partial charge in [-0.05, 0) is 52.1 Å². The molecule has 1 aliphatic carbocycles.